The minimum absolute atomic E-state index is 0.378. The Morgan fingerprint density at radius 1 is 1.43 bits per heavy atom. The SMILES string of the molecule is CS/C(N)=N\C(=S)Nc1ccccc1. The van der Waals surface area contributed by atoms with E-state index in [9.17, 15) is 0 Å². The minimum Gasteiger partial charge on any atom is -0.378 e. The molecule has 0 atom stereocenters. The molecule has 0 aromatic heterocycles. The van der Waals surface area contributed by atoms with Gasteiger partial charge in [-0.3, -0.25) is 0 Å². The van der Waals surface area contributed by atoms with Crippen molar-refractivity contribution in [1.82, 2.24) is 0 Å². The monoisotopic (exact) mass is 225 g/mol. The molecular weight excluding hydrogens is 214 g/mol. The van der Waals surface area contributed by atoms with E-state index in [1.54, 1.807) is 0 Å². The fraction of sp³-hybridized carbons (Fsp3) is 0.111. The summed E-state index contributed by atoms with van der Waals surface area (Å²) in [5.41, 5.74) is 6.43. The van der Waals surface area contributed by atoms with Crippen LogP contribution in [-0.4, -0.2) is 16.5 Å². The van der Waals surface area contributed by atoms with Crippen LogP contribution in [-0.2, 0) is 0 Å². The first kappa shape index (κ1) is 11.0. The van der Waals surface area contributed by atoms with E-state index in [2.05, 4.69) is 10.3 Å². The number of rotatable bonds is 1. The number of amidine groups is 1. The molecule has 0 aliphatic rings. The molecule has 0 saturated carbocycles. The number of nitrogens with zero attached hydrogens (tertiary/aromatic N) is 1. The molecule has 0 radical (unpaired) electrons. The van der Waals surface area contributed by atoms with Gasteiger partial charge < -0.3 is 11.1 Å². The third-order valence-corrected chi connectivity index (χ3v) is 2.15. The molecule has 0 fully saturated rings. The summed E-state index contributed by atoms with van der Waals surface area (Å²) in [6.45, 7) is 0. The van der Waals surface area contributed by atoms with E-state index in [0.717, 1.165) is 5.69 Å². The molecule has 0 bridgehead atoms. The number of nitrogens with one attached hydrogen (secondary N) is 1. The molecule has 0 amide bonds. The van der Waals surface area contributed by atoms with Crippen molar-refractivity contribution in [3.63, 3.8) is 0 Å². The maximum atomic E-state index is 5.51. The lowest BCUT2D eigenvalue weighted by Gasteiger charge is -2.03. The standard InChI is InChI=1S/C9H11N3S2/c1-14-8(10)12-9(13)11-7-5-3-2-4-6-7/h2-6H,1H3,(H3,10,11,12,13). The molecule has 0 aliphatic carbocycles. The molecule has 3 N–H and O–H groups in total. The largest absolute Gasteiger partial charge is 0.378 e. The van der Waals surface area contributed by atoms with Crippen LogP contribution in [0.4, 0.5) is 5.69 Å². The van der Waals surface area contributed by atoms with Crippen molar-refractivity contribution in [2.24, 2.45) is 10.7 Å². The summed E-state index contributed by atoms with van der Waals surface area (Å²) in [7, 11) is 0. The third-order valence-electron chi connectivity index (χ3n) is 1.45. The number of hydrogen-bond donors (Lipinski definition) is 2. The van der Waals surface area contributed by atoms with Crippen LogP contribution in [0.2, 0.25) is 0 Å². The van der Waals surface area contributed by atoms with Crippen molar-refractivity contribution < 1.29 is 0 Å². The van der Waals surface area contributed by atoms with Gasteiger partial charge in [0.25, 0.3) is 0 Å². The van der Waals surface area contributed by atoms with Gasteiger partial charge in [-0.15, -0.1) is 0 Å². The summed E-state index contributed by atoms with van der Waals surface area (Å²) in [6, 6.07) is 9.61. The number of nitrogens with two attached hydrogens (primary N) is 1. The normalized spacial score (nSPS) is 11.1. The molecular formula is C9H11N3S2. The molecule has 5 heteroatoms. The van der Waals surface area contributed by atoms with Gasteiger partial charge in [0.05, 0.1) is 0 Å². The van der Waals surface area contributed by atoms with E-state index < -0.39 is 0 Å². The summed E-state index contributed by atoms with van der Waals surface area (Å²) in [4.78, 5) is 3.97. The molecule has 1 rings (SSSR count). The Hall–Kier alpha value is -1.07. The maximum absolute atomic E-state index is 5.51. The molecule has 0 saturated heterocycles. The Bertz CT molecular complexity index is 335. The summed E-state index contributed by atoms with van der Waals surface area (Å²) < 4.78 is 0. The van der Waals surface area contributed by atoms with Gasteiger partial charge in [0.1, 0.15) is 0 Å². The lowest BCUT2D eigenvalue weighted by molar-refractivity contribution is 1.58. The fourth-order valence-electron chi connectivity index (χ4n) is 0.819. The predicted molar refractivity (Wildman–Crippen MR) is 67.8 cm³/mol. The van der Waals surface area contributed by atoms with Gasteiger partial charge in [-0.25, -0.2) is 0 Å². The lowest BCUT2D eigenvalue weighted by Crippen LogP contribution is -2.13. The second-order valence-electron chi connectivity index (χ2n) is 2.45. The van der Waals surface area contributed by atoms with Crippen molar-refractivity contribution in [3.05, 3.63) is 30.3 Å². The van der Waals surface area contributed by atoms with Crippen LogP contribution in [0, 0.1) is 0 Å². The highest BCUT2D eigenvalue weighted by Crippen LogP contribution is 2.05. The Balaban J connectivity index is 2.58. The molecule has 14 heavy (non-hydrogen) atoms. The number of benzene rings is 1. The van der Waals surface area contributed by atoms with Gasteiger partial charge >= 0.3 is 0 Å². The Kier molecular flexibility index (Phi) is 4.42. The van der Waals surface area contributed by atoms with Crippen LogP contribution in [0.25, 0.3) is 0 Å². The second-order valence-corrected chi connectivity index (χ2v) is 3.66. The van der Waals surface area contributed by atoms with E-state index in [1.807, 2.05) is 36.6 Å². The Labute approximate surface area is 92.8 Å². The van der Waals surface area contributed by atoms with Gasteiger partial charge in [-0.1, -0.05) is 30.0 Å². The van der Waals surface area contributed by atoms with Crippen LogP contribution in [0.5, 0.6) is 0 Å². The first-order valence-electron chi connectivity index (χ1n) is 3.96. The van der Waals surface area contributed by atoms with Gasteiger partial charge in [0.2, 0.25) is 0 Å². The number of thiocarbonyl (C=S) groups is 1. The van der Waals surface area contributed by atoms with Crippen LogP contribution in [0.15, 0.2) is 35.3 Å². The average molecular weight is 225 g/mol. The van der Waals surface area contributed by atoms with Crippen LogP contribution < -0.4 is 11.1 Å². The van der Waals surface area contributed by atoms with Crippen molar-refractivity contribution in [1.29, 1.82) is 0 Å². The summed E-state index contributed by atoms with van der Waals surface area (Å²) in [6.07, 6.45) is 1.85. The molecule has 0 heterocycles. The van der Waals surface area contributed by atoms with Gasteiger partial charge in [-0.2, -0.15) is 4.99 Å². The summed E-state index contributed by atoms with van der Waals surface area (Å²) >= 11 is 6.35. The minimum atomic E-state index is 0.378. The van der Waals surface area contributed by atoms with Gasteiger partial charge in [0.15, 0.2) is 10.3 Å². The zero-order valence-corrected chi connectivity index (χ0v) is 9.36. The number of aliphatic imine (C=N–C) groups is 1. The van der Waals surface area contributed by atoms with Crippen molar-refractivity contribution in [3.8, 4) is 0 Å². The Morgan fingerprint density at radius 2 is 2.07 bits per heavy atom. The van der Waals surface area contributed by atoms with E-state index in [0.29, 0.717) is 10.3 Å². The quantitative estimate of drug-likeness (QED) is 0.436. The highest BCUT2D eigenvalue weighted by molar-refractivity contribution is 8.13. The van der Waals surface area contributed by atoms with E-state index in [4.69, 9.17) is 18.0 Å². The van der Waals surface area contributed by atoms with Crippen molar-refractivity contribution in [2.45, 2.75) is 0 Å². The van der Waals surface area contributed by atoms with Gasteiger partial charge in [-0.05, 0) is 30.6 Å². The first-order valence-corrected chi connectivity index (χ1v) is 5.60. The molecule has 0 unspecified atom stereocenters. The topological polar surface area (TPSA) is 50.4 Å². The average Bonchev–Trinajstić information content (AvgIpc) is 2.19. The van der Waals surface area contributed by atoms with E-state index in [-0.39, 0.29) is 0 Å². The van der Waals surface area contributed by atoms with E-state index >= 15 is 0 Å². The van der Waals surface area contributed by atoms with Crippen LogP contribution in [0.1, 0.15) is 0 Å². The molecule has 74 valence electrons. The fourth-order valence-corrected chi connectivity index (χ4v) is 1.28. The van der Waals surface area contributed by atoms with Crippen LogP contribution >= 0.6 is 24.0 Å². The lowest BCUT2D eigenvalue weighted by atomic mass is 10.3. The Morgan fingerprint density at radius 3 is 2.64 bits per heavy atom. The predicted octanol–water partition coefficient (Wildman–Crippen LogP) is 2.06. The number of thioether (sulfide) groups is 1. The summed E-state index contributed by atoms with van der Waals surface area (Å²) in [5, 5.41) is 3.79. The molecule has 1 aromatic rings. The van der Waals surface area contributed by atoms with Gasteiger partial charge in [0, 0.05) is 5.69 Å². The second kappa shape index (κ2) is 5.62. The summed E-state index contributed by atoms with van der Waals surface area (Å²) in [5.74, 6) is 0. The highest BCUT2D eigenvalue weighted by Gasteiger charge is 1.95. The third kappa shape index (κ3) is 3.76. The highest BCUT2D eigenvalue weighted by atomic mass is 32.2. The molecule has 1 aromatic carbocycles. The van der Waals surface area contributed by atoms with Crippen molar-refractivity contribution in [2.75, 3.05) is 11.6 Å². The van der Waals surface area contributed by atoms with E-state index in [1.165, 1.54) is 11.8 Å². The number of para-hydroxylation sites is 1. The first-order chi connectivity index (χ1) is 6.72. The molecule has 0 spiro atoms. The zero-order chi connectivity index (χ0) is 10.4. The number of anilines is 1. The van der Waals surface area contributed by atoms with Crippen LogP contribution in [0.3, 0.4) is 0 Å². The number of hydrogen-bond acceptors (Lipinski definition) is 2. The zero-order valence-electron chi connectivity index (χ0n) is 7.73. The molecule has 0 aliphatic heterocycles. The smallest absolute Gasteiger partial charge is 0.199 e. The maximum Gasteiger partial charge on any atom is 0.199 e. The van der Waals surface area contributed by atoms with Crippen molar-refractivity contribution >= 4 is 39.9 Å². The molecule has 3 nitrogen and oxygen atoms in total.